The number of hydrogen-bond acceptors (Lipinski definition) is 6. The molecule has 2 aromatic rings. The van der Waals surface area contributed by atoms with Crippen molar-refractivity contribution < 1.29 is 19.4 Å². The zero-order valence-corrected chi connectivity index (χ0v) is 17.5. The molecule has 3 heterocycles. The fourth-order valence-corrected chi connectivity index (χ4v) is 3.89. The van der Waals surface area contributed by atoms with Crippen LogP contribution in [-0.2, 0) is 11.3 Å². The summed E-state index contributed by atoms with van der Waals surface area (Å²) in [5.74, 6) is 0.906. The third kappa shape index (κ3) is 4.74. The second kappa shape index (κ2) is 8.62. The van der Waals surface area contributed by atoms with Gasteiger partial charge in [-0.1, -0.05) is 24.3 Å². The Morgan fingerprint density at radius 3 is 2.77 bits per heavy atom. The minimum absolute atomic E-state index is 0.105. The molecule has 7 nitrogen and oxygen atoms in total. The first-order valence-corrected chi connectivity index (χ1v) is 10.5. The lowest BCUT2D eigenvalue weighted by Crippen LogP contribution is -2.50. The number of hydrogen-bond donors (Lipinski definition) is 2. The zero-order chi connectivity index (χ0) is 21.1. The molecule has 0 bridgehead atoms. The second-order valence-electron chi connectivity index (χ2n) is 8.51. The molecule has 1 fully saturated rings. The number of fused-ring (bicyclic) bond motifs is 1. The molecule has 30 heavy (non-hydrogen) atoms. The molecule has 0 spiro atoms. The summed E-state index contributed by atoms with van der Waals surface area (Å²) in [6.45, 7) is 6.08. The standard InChI is InChI=1S/C23H29N3O4/c1-23(2,28)22(27)25-17-9-12-26(13-10-17)14-16-6-3-4-7-18(16)20-15-29-19-8-5-11-24-21(19)30-20/h3-8,11,17,20,28H,9-10,12-15H2,1-2H3,(H,25,27)/t20-/m1/s1. The summed E-state index contributed by atoms with van der Waals surface area (Å²) in [6.07, 6.45) is 3.25. The first kappa shape index (κ1) is 20.6. The number of piperidine rings is 1. The predicted molar refractivity (Wildman–Crippen MR) is 112 cm³/mol. The monoisotopic (exact) mass is 411 g/mol. The minimum Gasteiger partial charge on any atom is -0.484 e. The second-order valence-corrected chi connectivity index (χ2v) is 8.51. The molecular formula is C23H29N3O4. The van der Waals surface area contributed by atoms with Crippen molar-refractivity contribution in [3.63, 3.8) is 0 Å². The molecule has 2 aliphatic heterocycles. The van der Waals surface area contributed by atoms with Gasteiger partial charge in [0.15, 0.2) is 11.9 Å². The van der Waals surface area contributed by atoms with Crippen molar-refractivity contribution in [1.82, 2.24) is 15.2 Å². The maximum Gasteiger partial charge on any atom is 0.257 e. The number of carbonyl (C=O) groups is 1. The lowest BCUT2D eigenvalue weighted by Gasteiger charge is -2.34. The summed E-state index contributed by atoms with van der Waals surface area (Å²) >= 11 is 0. The van der Waals surface area contributed by atoms with Gasteiger partial charge in [-0.15, -0.1) is 0 Å². The summed E-state index contributed by atoms with van der Waals surface area (Å²) in [6, 6.07) is 12.1. The van der Waals surface area contributed by atoms with Crippen LogP contribution < -0.4 is 14.8 Å². The number of rotatable bonds is 5. The molecule has 4 rings (SSSR count). The van der Waals surface area contributed by atoms with Crippen molar-refractivity contribution in [3.05, 3.63) is 53.7 Å². The van der Waals surface area contributed by atoms with E-state index in [-0.39, 0.29) is 18.1 Å². The van der Waals surface area contributed by atoms with E-state index in [0.29, 0.717) is 18.2 Å². The molecule has 1 amide bonds. The van der Waals surface area contributed by atoms with E-state index in [0.717, 1.165) is 38.0 Å². The SMILES string of the molecule is CC(C)(O)C(=O)NC1CCN(Cc2ccccc2[C@H]2COc3cccnc3O2)CC1. The van der Waals surface area contributed by atoms with Crippen molar-refractivity contribution in [3.8, 4) is 11.6 Å². The summed E-state index contributed by atoms with van der Waals surface area (Å²) in [5, 5.41) is 12.8. The number of ether oxygens (including phenoxy) is 2. The molecule has 1 aromatic heterocycles. The Hall–Kier alpha value is -2.64. The highest BCUT2D eigenvalue weighted by Crippen LogP contribution is 2.35. The number of aromatic nitrogens is 1. The molecule has 1 atom stereocenters. The summed E-state index contributed by atoms with van der Waals surface area (Å²) < 4.78 is 12.0. The minimum atomic E-state index is -1.34. The largest absolute Gasteiger partial charge is 0.484 e. The first-order chi connectivity index (χ1) is 14.4. The van der Waals surface area contributed by atoms with E-state index in [1.54, 1.807) is 6.20 Å². The van der Waals surface area contributed by atoms with Crippen LogP contribution >= 0.6 is 0 Å². The highest BCUT2D eigenvalue weighted by molar-refractivity contribution is 5.84. The summed E-state index contributed by atoms with van der Waals surface area (Å²) in [7, 11) is 0. The van der Waals surface area contributed by atoms with Crippen LogP contribution in [0.25, 0.3) is 0 Å². The number of nitrogens with zero attached hydrogens (tertiary/aromatic N) is 2. The fraction of sp³-hybridized carbons (Fsp3) is 0.478. The lowest BCUT2D eigenvalue weighted by molar-refractivity contribution is -0.137. The summed E-state index contributed by atoms with van der Waals surface area (Å²) in [5.41, 5.74) is 0.988. The van der Waals surface area contributed by atoms with Crippen LogP contribution in [0, 0.1) is 0 Å². The molecule has 2 N–H and O–H groups in total. The Labute approximate surface area is 177 Å². The Balaban J connectivity index is 1.37. The van der Waals surface area contributed by atoms with E-state index in [9.17, 15) is 9.90 Å². The smallest absolute Gasteiger partial charge is 0.257 e. The Bertz CT molecular complexity index is 888. The highest BCUT2D eigenvalue weighted by Gasteiger charge is 2.29. The van der Waals surface area contributed by atoms with Gasteiger partial charge < -0.3 is 19.9 Å². The topological polar surface area (TPSA) is 83.9 Å². The first-order valence-electron chi connectivity index (χ1n) is 10.5. The van der Waals surface area contributed by atoms with Crippen LogP contribution in [0.1, 0.15) is 43.9 Å². The van der Waals surface area contributed by atoms with Crippen molar-refractivity contribution in [2.24, 2.45) is 0 Å². The van der Waals surface area contributed by atoms with E-state index in [1.807, 2.05) is 24.3 Å². The van der Waals surface area contributed by atoms with Gasteiger partial charge in [0.25, 0.3) is 11.8 Å². The lowest BCUT2D eigenvalue weighted by atomic mass is 9.99. The number of likely N-dealkylation sites (tertiary alicyclic amines) is 1. The van der Waals surface area contributed by atoms with E-state index >= 15 is 0 Å². The molecule has 1 aromatic carbocycles. The summed E-state index contributed by atoms with van der Waals surface area (Å²) in [4.78, 5) is 18.7. The van der Waals surface area contributed by atoms with Crippen molar-refractivity contribution >= 4 is 5.91 Å². The molecule has 0 saturated carbocycles. The molecular weight excluding hydrogens is 382 g/mol. The van der Waals surface area contributed by atoms with Gasteiger partial charge in [0, 0.05) is 37.4 Å². The zero-order valence-electron chi connectivity index (χ0n) is 17.5. The molecule has 0 aliphatic carbocycles. The molecule has 0 unspecified atom stereocenters. The van der Waals surface area contributed by atoms with E-state index < -0.39 is 5.60 Å². The number of nitrogens with one attached hydrogen (secondary N) is 1. The molecule has 160 valence electrons. The fourth-order valence-electron chi connectivity index (χ4n) is 3.89. The number of amides is 1. The van der Waals surface area contributed by atoms with Gasteiger partial charge in [0.05, 0.1) is 0 Å². The Kier molecular flexibility index (Phi) is 5.92. The number of benzene rings is 1. The van der Waals surface area contributed by atoms with Crippen LogP contribution in [0.3, 0.4) is 0 Å². The van der Waals surface area contributed by atoms with Crippen LogP contribution in [0.4, 0.5) is 0 Å². The molecule has 0 radical (unpaired) electrons. The van der Waals surface area contributed by atoms with Crippen LogP contribution in [0.5, 0.6) is 11.6 Å². The van der Waals surface area contributed by atoms with E-state index in [4.69, 9.17) is 9.47 Å². The van der Waals surface area contributed by atoms with Crippen LogP contribution in [0.2, 0.25) is 0 Å². The number of pyridine rings is 1. The number of aliphatic hydroxyl groups is 1. The van der Waals surface area contributed by atoms with Gasteiger partial charge in [-0.05, 0) is 44.4 Å². The average Bonchev–Trinajstić information content (AvgIpc) is 2.74. The maximum atomic E-state index is 12.0. The van der Waals surface area contributed by atoms with Gasteiger partial charge in [-0.3, -0.25) is 9.69 Å². The third-order valence-corrected chi connectivity index (χ3v) is 5.65. The normalized spacial score (nSPS) is 20.0. The van der Waals surface area contributed by atoms with E-state index in [2.05, 4.69) is 27.3 Å². The molecule has 1 saturated heterocycles. The number of carbonyl (C=O) groups excluding carboxylic acids is 1. The molecule has 7 heteroatoms. The Morgan fingerprint density at radius 2 is 2.00 bits per heavy atom. The highest BCUT2D eigenvalue weighted by atomic mass is 16.6. The maximum absolute atomic E-state index is 12.0. The van der Waals surface area contributed by atoms with Crippen LogP contribution in [-0.4, -0.2) is 52.2 Å². The van der Waals surface area contributed by atoms with Gasteiger partial charge in [-0.25, -0.2) is 4.98 Å². The van der Waals surface area contributed by atoms with E-state index in [1.165, 1.54) is 19.4 Å². The molecule has 2 aliphatic rings. The predicted octanol–water partition coefficient (Wildman–Crippen LogP) is 2.45. The van der Waals surface area contributed by atoms with Gasteiger partial charge in [-0.2, -0.15) is 0 Å². The van der Waals surface area contributed by atoms with Crippen LogP contribution in [0.15, 0.2) is 42.6 Å². The quantitative estimate of drug-likeness (QED) is 0.786. The van der Waals surface area contributed by atoms with Crippen molar-refractivity contribution in [1.29, 1.82) is 0 Å². The van der Waals surface area contributed by atoms with Gasteiger partial charge >= 0.3 is 0 Å². The average molecular weight is 412 g/mol. The van der Waals surface area contributed by atoms with Gasteiger partial charge in [0.1, 0.15) is 12.2 Å². The van der Waals surface area contributed by atoms with Crippen molar-refractivity contribution in [2.75, 3.05) is 19.7 Å². The van der Waals surface area contributed by atoms with Crippen molar-refractivity contribution in [2.45, 2.75) is 51.0 Å². The Morgan fingerprint density at radius 1 is 1.23 bits per heavy atom. The third-order valence-electron chi connectivity index (χ3n) is 5.65. The van der Waals surface area contributed by atoms with Gasteiger partial charge in [0.2, 0.25) is 0 Å².